The standard InChI is InChI=1S/C31H20N2S/c32-19-20-16-17-23(24-11-7-15-30-31(24)25-10-3-6-14-29(25)34-30)28(18-20)33-26-12-4-1-8-21(26)22-9-2-5-13-27(22)33/h1-6,8-14,16-18H,7,15H2. The molecule has 0 radical (unpaired) electrons. The number of nitriles is 1. The van der Waals surface area contributed by atoms with E-state index >= 15 is 0 Å². The number of hydrogen-bond donors (Lipinski definition) is 0. The zero-order valence-electron chi connectivity index (χ0n) is 18.5. The second-order valence-electron chi connectivity index (χ2n) is 8.77. The predicted molar refractivity (Wildman–Crippen MR) is 143 cm³/mol. The molecule has 7 rings (SSSR count). The highest BCUT2D eigenvalue weighted by atomic mass is 32.1. The number of hydrogen-bond acceptors (Lipinski definition) is 2. The maximum absolute atomic E-state index is 9.78. The zero-order chi connectivity index (χ0) is 22.6. The minimum absolute atomic E-state index is 0.674. The Morgan fingerprint density at radius 2 is 1.44 bits per heavy atom. The molecule has 0 fully saturated rings. The molecule has 0 N–H and O–H groups in total. The summed E-state index contributed by atoms with van der Waals surface area (Å²) in [6.07, 6.45) is 4.50. The van der Waals surface area contributed by atoms with Gasteiger partial charge in [0.1, 0.15) is 0 Å². The van der Waals surface area contributed by atoms with Gasteiger partial charge in [0.05, 0.1) is 28.4 Å². The Labute approximate surface area is 201 Å². The van der Waals surface area contributed by atoms with Gasteiger partial charge in [-0.05, 0) is 48.7 Å². The van der Waals surface area contributed by atoms with Crippen molar-refractivity contribution in [1.82, 2.24) is 4.57 Å². The van der Waals surface area contributed by atoms with Gasteiger partial charge in [0, 0.05) is 36.9 Å². The van der Waals surface area contributed by atoms with Crippen molar-refractivity contribution in [3.8, 4) is 11.8 Å². The zero-order valence-corrected chi connectivity index (χ0v) is 19.3. The summed E-state index contributed by atoms with van der Waals surface area (Å²) in [5.41, 5.74) is 7.87. The highest BCUT2D eigenvalue weighted by Gasteiger charge is 2.23. The van der Waals surface area contributed by atoms with E-state index in [-0.39, 0.29) is 0 Å². The van der Waals surface area contributed by atoms with Gasteiger partial charge in [0.15, 0.2) is 0 Å². The van der Waals surface area contributed by atoms with Crippen LogP contribution in [0.15, 0.2) is 97.1 Å². The summed E-state index contributed by atoms with van der Waals surface area (Å²) in [6, 6.07) is 34.4. The van der Waals surface area contributed by atoms with Crippen molar-refractivity contribution in [1.29, 1.82) is 5.26 Å². The number of fused-ring (bicyclic) bond motifs is 6. The number of nitrogens with zero attached hydrogens (tertiary/aromatic N) is 2. The van der Waals surface area contributed by atoms with Crippen LogP contribution in [0.1, 0.15) is 28.0 Å². The lowest BCUT2D eigenvalue weighted by molar-refractivity contribution is 1.01. The Morgan fingerprint density at radius 1 is 0.765 bits per heavy atom. The molecule has 1 aliphatic rings. The van der Waals surface area contributed by atoms with E-state index in [2.05, 4.69) is 102 Å². The number of benzene rings is 4. The van der Waals surface area contributed by atoms with Crippen LogP contribution in [0.4, 0.5) is 0 Å². The van der Waals surface area contributed by atoms with E-state index in [1.54, 1.807) is 0 Å². The Morgan fingerprint density at radius 3 is 2.18 bits per heavy atom. The third-order valence-corrected chi connectivity index (χ3v) is 8.13. The summed E-state index contributed by atoms with van der Waals surface area (Å²) in [6.45, 7) is 0. The Balaban J connectivity index is 1.58. The van der Waals surface area contributed by atoms with E-state index in [4.69, 9.17) is 0 Å². The van der Waals surface area contributed by atoms with E-state index in [1.165, 1.54) is 42.4 Å². The highest BCUT2D eigenvalue weighted by molar-refractivity contribution is 7.19. The van der Waals surface area contributed by atoms with Gasteiger partial charge in [-0.3, -0.25) is 0 Å². The van der Waals surface area contributed by atoms with Crippen LogP contribution in [0.25, 0.3) is 43.2 Å². The van der Waals surface area contributed by atoms with Crippen LogP contribution in [-0.2, 0) is 6.42 Å². The Kier molecular flexibility index (Phi) is 4.24. The summed E-state index contributed by atoms with van der Waals surface area (Å²) in [5.74, 6) is 0. The van der Waals surface area contributed by atoms with E-state index < -0.39 is 0 Å². The first-order valence-corrected chi connectivity index (χ1v) is 12.4. The first-order chi connectivity index (χ1) is 16.8. The van der Waals surface area contributed by atoms with Crippen LogP contribution in [-0.4, -0.2) is 4.57 Å². The molecule has 1 aliphatic carbocycles. The van der Waals surface area contributed by atoms with Crippen LogP contribution in [0.2, 0.25) is 0 Å². The molecule has 0 bridgehead atoms. The van der Waals surface area contributed by atoms with E-state index in [0.717, 1.165) is 29.6 Å². The summed E-state index contributed by atoms with van der Waals surface area (Å²) in [7, 11) is 0. The number of allylic oxidation sites excluding steroid dienone is 1. The molecule has 0 atom stereocenters. The van der Waals surface area contributed by atoms with E-state index in [1.807, 2.05) is 17.4 Å². The lowest BCUT2D eigenvalue weighted by Crippen LogP contribution is -2.04. The fourth-order valence-corrected chi connectivity index (χ4v) is 6.69. The van der Waals surface area contributed by atoms with Gasteiger partial charge in [0.25, 0.3) is 0 Å². The molecule has 4 aromatic carbocycles. The maximum atomic E-state index is 9.78. The van der Waals surface area contributed by atoms with Gasteiger partial charge >= 0.3 is 0 Å². The van der Waals surface area contributed by atoms with Crippen LogP contribution in [0, 0.1) is 11.3 Å². The number of rotatable bonds is 2. The molecule has 3 heteroatoms. The maximum Gasteiger partial charge on any atom is 0.0992 e. The highest BCUT2D eigenvalue weighted by Crippen LogP contribution is 2.44. The van der Waals surface area contributed by atoms with Gasteiger partial charge in [0.2, 0.25) is 0 Å². The minimum atomic E-state index is 0.674. The van der Waals surface area contributed by atoms with Crippen molar-refractivity contribution in [3.05, 3.63) is 119 Å². The molecule has 0 unspecified atom stereocenters. The monoisotopic (exact) mass is 452 g/mol. The quantitative estimate of drug-likeness (QED) is 0.260. The van der Waals surface area contributed by atoms with Gasteiger partial charge in [-0.2, -0.15) is 5.26 Å². The van der Waals surface area contributed by atoms with E-state index in [0.29, 0.717) is 5.56 Å². The molecule has 0 saturated heterocycles. The molecule has 6 aromatic rings. The molecule has 34 heavy (non-hydrogen) atoms. The number of para-hydroxylation sites is 2. The van der Waals surface area contributed by atoms with Crippen molar-refractivity contribution in [2.45, 2.75) is 12.8 Å². The average Bonchev–Trinajstić information content (AvgIpc) is 3.44. The Bertz CT molecular complexity index is 1770. The molecule has 0 spiro atoms. The molecule has 160 valence electrons. The van der Waals surface area contributed by atoms with E-state index in [9.17, 15) is 5.26 Å². The molecular weight excluding hydrogens is 432 g/mol. The summed E-state index contributed by atoms with van der Waals surface area (Å²) in [4.78, 5) is 1.45. The first-order valence-electron chi connectivity index (χ1n) is 11.6. The van der Waals surface area contributed by atoms with Crippen molar-refractivity contribution in [3.63, 3.8) is 0 Å². The fraction of sp³-hybridized carbons (Fsp3) is 0.0645. The second-order valence-corrected chi connectivity index (χ2v) is 9.90. The summed E-state index contributed by atoms with van der Waals surface area (Å²) in [5, 5.41) is 13.6. The van der Waals surface area contributed by atoms with Crippen molar-refractivity contribution in [2.75, 3.05) is 0 Å². The minimum Gasteiger partial charge on any atom is -0.309 e. The average molecular weight is 453 g/mol. The number of aromatic nitrogens is 1. The summed E-state index contributed by atoms with van der Waals surface area (Å²) < 4.78 is 3.68. The normalized spacial score (nSPS) is 13.2. The number of aryl methyl sites for hydroxylation is 1. The molecule has 0 saturated carbocycles. The third-order valence-electron chi connectivity index (χ3n) is 6.90. The van der Waals surface area contributed by atoms with Crippen LogP contribution >= 0.6 is 11.3 Å². The van der Waals surface area contributed by atoms with Crippen LogP contribution in [0.3, 0.4) is 0 Å². The molecular formula is C31H20N2S. The first kappa shape index (κ1) is 19.3. The van der Waals surface area contributed by atoms with Crippen molar-refractivity contribution < 1.29 is 0 Å². The smallest absolute Gasteiger partial charge is 0.0992 e. The van der Waals surface area contributed by atoms with Crippen LogP contribution in [0.5, 0.6) is 0 Å². The molecule has 2 heterocycles. The molecule has 0 amide bonds. The van der Waals surface area contributed by atoms with Gasteiger partial charge in [-0.25, -0.2) is 0 Å². The van der Waals surface area contributed by atoms with Gasteiger partial charge in [-0.1, -0.05) is 66.7 Å². The lowest BCUT2D eigenvalue weighted by atomic mass is 9.88. The van der Waals surface area contributed by atoms with Crippen molar-refractivity contribution in [2.24, 2.45) is 0 Å². The molecule has 0 aliphatic heterocycles. The molecule has 2 aromatic heterocycles. The predicted octanol–water partition coefficient (Wildman–Crippen LogP) is 8.25. The van der Waals surface area contributed by atoms with Crippen molar-refractivity contribution >= 4 is 48.8 Å². The fourth-order valence-electron chi connectivity index (χ4n) is 5.46. The Hall–Kier alpha value is -4.13. The summed E-state index contributed by atoms with van der Waals surface area (Å²) >= 11 is 1.91. The van der Waals surface area contributed by atoms with Crippen LogP contribution < -0.4 is 0 Å². The SMILES string of the molecule is N#Cc1ccc(C2=CCCc3sc4ccccc4c32)c(-n2c3ccccc3c3ccccc32)c1. The lowest BCUT2D eigenvalue weighted by Gasteiger charge is -2.20. The molecule has 2 nitrogen and oxygen atoms in total. The largest absolute Gasteiger partial charge is 0.309 e. The second kappa shape index (κ2) is 7.45. The topological polar surface area (TPSA) is 28.7 Å². The third kappa shape index (κ3) is 2.73. The number of thiophene rings is 1. The van der Waals surface area contributed by atoms with Gasteiger partial charge in [-0.15, -0.1) is 11.3 Å². The van der Waals surface area contributed by atoms with Gasteiger partial charge < -0.3 is 4.57 Å².